The van der Waals surface area contributed by atoms with Crippen LogP contribution < -0.4 is 10.9 Å². The van der Waals surface area contributed by atoms with E-state index in [1.165, 1.54) is 19.3 Å². The second kappa shape index (κ2) is 6.67. The van der Waals surface area contributed by atoms with Crippen molar-refractivity contribution in [2.45, 2.75) is 56.5 Å². The van der Waals surface area contributed by atoms with Crippen molar-refractivity contribution in [2.75, 3.05) is 13.1 Å². The Morgan fingerprint density at radius 1 is 1.08 bits per heavy atom. The molecule has 2 aromatic rings. The topological polar surface area (TPSA) is 70.4 Å². The number of benzene rings is 1. The van der Waals surface area contributed by atoms with Crippen molar-refractivity contribution < 1.29 is 9.21 Å². The van der Waals surface area contributed by atoms with E-state index in [2.05, 4.69) is 15.8 Å². The zero-order valence-corrected chi connectivity index (χ0v) is 15.0. The molecule has 2 saturated heterocycles. The van der Waals surface area contributed by atoms with Gasteiger partial charge in [0.2, 0.25) is 5.91 Å². The Morgan fingerprint density at radius 3 is 2.73 bits per heavy atom. The van der Waals surface area contributed by atoms with E-state index in [1.54, 1.807) is 0 Å². The number of hydrogen-bond acceptors (Lipinski definition) is 5. The predicted molar refractivity (Wildman–Crippen MR) is 98.4 cm³/mol. The standard InChI is InChI=1S/C20H26N4O2/c25-20(18-14-5-1-2-6-15(14)22-23-18)24-11-9-13(10-12-24)19-21-16-7-3-4-8-17(16)26-19/h3-4,7-8,13-15,18,22-23H,1-2,5-6,9-12H2. The Balaban J connectivity index is 1.23. The fraction of sp³-hybridized carbons (Fsp3) is 0.600. The van der Waals surface area contributed by atoms with E-state index in [1.807, 2.05) is 29.2 Å². The van der Waals surface area contributed by atoms with Gasteiger partial charge in [-0.15, -0.1) is 0 Å². The molecule has 26 heavy (non-hydrogen) atoms. The molecular weight excluding hydrogens is 328 g/mol. The first-order valence-electron chi connectivity index (χ1n) is 9.95. The molecule has 3 heterocycles. The van der Waals surface area contributed by atoms with Gasteiger partial charge in [0.15, 0.2) is 11.5 Å². The highest BCUT2D eigenvalue weighted by molar-refractivity contribution is 5.82. The van der Waals surface area contributed by atoms with Crippen molar-refractivity contribution in [3.8, 4) is 0 Å². The summed E-state index contributed by atoms with van der Waals surface area (Å²) in [5.41, 5.74) is 8.41. The minimum absolute atomic E-state index is 0.0545. The lowest BCUT2D eigenvalue weighted by Gasteiger charge is -2.34. The number of rotatable bonds is 2. The van der Waals surface area contributed by atoms with Gasteiger partial charge in [-0.2, -0.15) is 0 Å². The SMILES string of the molecule is O=C(C1NNC2CCCCC21)N1CCC(c2nc3ccccc3o2)CC1. The third-order valence-electron chi connectivity index (χ3n) is 6.40. The third-order valence-corrected chi connectivity index (χ3v) is 6.40. The van der Waals surface area contributed by atoms with Crippen LogP contribution in [0.1, 0.15) is 50.3 Å². The van der Waals surface area contributed by atoms with Crippen molar-refractivity contribution in [3.05, 3.63) is 30.2 Å². The molecular formula is C20H26N4O2. The van der Waals surface area contributed by atoms with Crippen molar-refractivity contribution in [3.63, 3.8) is 0 Å². The number of amides is 1. The average Bonchev–Trinajstić information content (AvgIpc) is 3.32. The van der Waals surface area contributed by atoms with Gasteiger partial charge < -0.3 is 9.32 Å². The average molecular weight is 354 g/mol. The first kappa shape index (κ1) is 16.3. The van der Waals surface area contributed by atoms with E-state index in [9.17, 15) is 4.79 Å². The van der Waals surface area contributed by atoms with Gasteiger partial charge in [0.05, 0.1) is 0 Å². The molecule has 1 aliphatic carbocycles. The highest BCUT2D eigenvalue weighted by Gasteiger charge is 2.43. The van der Waals surface area contributed by atoms with E-state index in [-0.39, 0.29) is 11.9 Å². The van der Waals surface area contributed by atoms with Crippen molar-refractivity contribution in [1.29, 1.82) is 0 Å². The van der Waals surface area contributed by atoms with Crippen LogP contribution in [-0.2, 0) is 4.79 Å². The maximum Gasteiger partial charge on any atom is 0.241 e. The van der Waals surface area contributed by atoms with E-state index < -0.39 is 0 Å². The molecule has 2 aliphatic heterocycles. The molecule has 0 spiro atoms. The first-order chi connectivity index (χ1) is 12.8. The largest absolute Gasteiger partial charge is 0.440 e. The zero-order valence-electron chi connectivity index (χ0n) is 15.0. The molecule has 6 nitrogen and oxygen atoms in total. The fourth-order valence-electron chi connectivity index (χ4n) is 4.89. The number of nitrogens with zero attached hydrogens (tertiary/aromatic N) is 2. The van der Waals surface area contributed by atoms with Crippen LogP contribution in [0.3, 0.4) is 0 Å². The first-order valence-corrected chi connectivity index (χ1v) is 9.95. The minimum Gasteiger partial charge on any atom is -0.440 e. The Labute approximate surface area is 153 Å². The smallest absolute Gasteiger partial charge is 0.241 e. The maximum absolute atomic E-state index is 13.0. The van der Waals surface area contributed by atoms with Gasteiger partial charge in [0.25, 0.3) is 0 Å². The second-order valence-corrected chi connectivity index (χ2v) is 7.94. The minimum atomic E-state index is -0.0545. The Hall–Kier alpha value is -1.92. The summed E-state index contributed by atoms with van der Waals surface area (Å²) in [5.74, 6) is 1.85. The summed E-state index contributed by atoms with van der Waals surface area (Å²) in [6.45, 7) is 1.58. The molecule has 3 fully saturated rings. The van der Waals surface area contributed by atoms with Crippen LogP contribution in [0.2, 0.25) is 0 Å². The van der Waals surface area contributed by atoms with Crippen LogP contribution in [-0.4, -0.2) is 41.0 Å². The summed E-state index contributed by atoms with van der Waals surface area (Å²) in [4.78, 5) is 19.7. The molecule has 6 heteroatoms. The molecule has 1 aromatic heterocycles. The number of oxazole rings is 1. The number of likely N-dealkylation sites (tertiary alicyclic amines) is 1. The fourth-order valence-corrected chi connectivity index (χ4v) is 4.89. The molecule has 3 atom stereocenters. The summed E-state index contributed by atoms with van der Waals surface area (Å²) in [6, 6.07) is 8.32. The van der Waals surface area contributed by atoms with Crippen molar-refractivity contribution in [2.24, 2.45) is 5.92 Å². The highest BCUT2D eigenvalue weighted by Crippen LogP contribution is 2.33. The van der Waals surface area contributed by atoms with E-state index in [0.29, 0.717) is 17.9 Å². The molecule has 138 valence electrons. The molecule has 0 radical (unpaired) electrons. The second-order valence-electron chi connectivity index (χ2n) is 7.94. The summed E-state index contributed by atoms with van der Waals surface area (Å²) >= 11 is 0. The quantitative estimate of drug-likeness (QED) is 0.867. The number of carbonyl (C=O) groups is 1. The monoisotopic (exact) mass is 354 g/mol. The molecule has 1 amide bonds. The third kappa shape index (κ3) is 2.81. The van der Waals surface area contributed by atoms with E-state index >= 15 is 0 Å². The van der Waals surface area contributed by atoms with Crippen LogP contribution in [0.5, 0.6) is 0 Å². The number of fused-ring (bicyclic) bond motifs is 2. The maximum atomic E-state index is 13.0. The number of hydrazine groups is 1. The summed E-state index contributed by atoms with van der Waals surface area (Å²) in [7, 11) is 0. The van der Waals surface area contributed by atoms with Crippen LogP contribution in [0.4, 0.5) is 0 Å². The molecule has 1 aromatic carbocycles. The Morgan fingerprint density at radius 2 is 1.88 bits per heavy atom. The van der Waals surface area contributed by atoms with Crippen molar-refractivity contribution >= 4 is 17.0 Å². The number of hydrogen-bond donors (Lipinski definition) is 2. The number of piperidine rings is 1. The van der Waals surface area contributed by atoms with Gasteiger partial charge in [0, 0.05) is 31.0 Å². The Kier molecular flexibility index (Phi) is 4.17. The molecule has 3 unspecified atom stereocenters. The highest BCUT2D eigenvalue weighted by atomic mass is 16.3. The Bertz CT molecular complexity index is 763. The van der Waals surface area contributed by atoms with Gasteiger partial charge in [-0.05, 0) is 37.8 Å². The van der Waals surface area contributed by atoms with Gasteiger partial charge in [-0.1, -0.05) is 25.0 Å². The lowest BCUT2D eigenvalue weighted by Crippen LogP contribution is -2.50. The molecule has 3 aliphatic rings. The van der Waals surface area contributed by atoms with E-state index in [0.717, 1.165) is 49.3 Å². The summed E-state index contributed by atoms with van der Waals surface area (Å²) in [5, 5.41) is 0. The number of aromatic nitrogens is 1. The van der Waals surface area contributed by atoms with E-state index in [4.69, 9.17) is 4.42 Å². The van der Waals surface area contributed by atoms with Crippen LogP contribution in [0.15, 0.2) is 28.7 Å². The number of carbonyl (C=O) groups excluding carboxylic acids is 1. The normalized spacial score (nSPS) is 29.8. The number of para-hydroxylation sites is 2. The van der Waals surface area contributed by atoms with Crippen LogP contribution in [0, 0.1) is 5.92 Å². The van der Waals surface area contributed by atoms with Gasteiger partial charge in [-0.3, -0.25) is 10.2 Å². The van der Waals surface area contributed by atoms with Crippen LogP contribution in [0.25, 0.3) is 11.1 Å². The summed E-state index contributed by atoms with van der Waals surface area (Å²) in [6.07, 6.45) is 6.70. The predicted octanol–water partition coefficient (Wildman–Crippen LogP) is 2.57. The lowest BCUT2D eigenvalue weighted by molar-refractivity contribution is -0.135. The molecule has 5 rings (SSSR count). The zero-order chi connectivity index (χ0) is 17.5. The van der Waals surface area contributed by atoms with Crippen LogP contribution >= 0.6 is 0 Å². The van der Waals surface area contributed by atoms with Gasteiger partial charge >= 0.3 is 0 Å². The molecule has 0 bridgehead atoms. The van der Waals surface area contributed by atoms with Gasteiger partial charge in [0.1, 0.15) is 11.6 Å². The van der Waals surface area contributed by atoms with Gasteiger partial charge in [-0.25, -0.2) is 10.4 Å². The number of nitrogens with one attached hydrogen (secondary N) is 2. The summed E-state index contributed by atoms with van der Waals surface area (Å²) < 4.78 is 5.94. The van der Waals surface area contributed by atoms with Crippen molar-refractivity contribution in [1.82, 2.24) is 20.7 Å². The lowest BCUT2D eigenvalue weighted by atomic mass is 9.81. The molecule has 1 saturated carbocycles. The molecule has 2 N–H and O–H groups in total.